The molecule has 0 radical (unpaired) electrons. The van der Waals surface area contributed by atoms with E-state index in [1.54, 1.807) is 16.7 Å². The predicted octanol–water partition coefficient (Wildman–Crippen LogP) is -0.335. The van der Waals surface area contributed by atoms with Crippen molar-refractivity contribution < 1.29 is 9.59 Å². The topological polar surface area (TPSA) is 61.4 Å². The van der Waals surface area contributed by atoms with Crippen LogP contribution >= 0.6 is 24.2 Å². The molecule has 0 aliphatic carbocycles. The van der Waals surface area contributed by atoms with E-state index < -0.39 is 0 Å². The average Bonchev–Trinajstić information content (AvgIpc) is 2.61. The van der Waals surface area contributed by atoms with E-state index in [0.717, 1.165) is 0 Å². The second-order valence-electron chi connectivity index (χ2n) is 3.56. The minimum atomic E-state index is -0.0899. The van der Waals surface area contributed by atoms with Gasteiger partial charge >= 0.3 is 0 Å². The van der Waals surface area contributed by atoms with E-state index in [-0.39, 0.29) is 36.8 Å². The summed E-state index contributed by atoms with van der Waals surface area (Å²) in [6.45, 7) is 2.75. The van der Waals surface area contributed by atoms with Crippen LogP contribution in [0.4, 0.5) is 0 Å². The molecule has 1 fully saturated rings. The minimum Gasteiger partial charge on any atom is -0.353 e. The average molecular weight is 268 g/mol. The summed E-state index contributed by atoms with van der Waals surface area (Å²) < 4.78 is 0. The third-order valence-corrected chi connectivity index (χ3v) is 3.20. The number of hydrogen-bond acceptors (Lipinski definition) is 4. The monoisotopic (exact) mass is 267 g/mol. The summed E-state index contributed by atoms with van der Waals surface area (Å²) in [6, 6.07) is 0.248. The summed E-state index contributed by atoms with van der Waals surface area (Å²) in [6.07, 6.45) is 0. The maximum Gasteiger partial charge on any atom is 0.239 e. The molecule has 1 rings (SSSR count). The summed E-state index contributed by atoms with van der Waals surface area (Å²) in [5, 5.41) is 5.80. The molecule has 0 spiro atoms. The number of halogens is 1. The van der Waals surface area contributed by atoms with Crippen LogP contribution in [0.5, 0.6) is 0 Å². The van der Waals surface area contributed by atoms with Gasteiger partial charge in [0.25, 0.3) is 0 Å². The number of rotatable bonds is 5. The van der Waals surface area contributed by atoms with Gasteiger partial charge < -0.3 is 15.5 Å². The highest BCUT2D eigenvalue weighted by atomic mass is 35.5. The second-order valence-corrected chi connectivity index (χ2v) is 4.52. The number of carbonyl (C=O) groups is 2. The Kier molecular flexibility index (Phi) is 7.53. The highest BCUT2D eigenvalue weighted by molar-refractivity contribution is 8.00. The molecule has 94 valence electrons. The summed E-state index contributed by atoms with van der Waals surface area (Å²) in [5.41, 5.74) is 0. The Hall–Kier alpha value is -0.460. The normalized spacial score (nSPS) is 16.9. The van der Waals surface area contributed by atoms with E-state index in [1.807, 2.05) is 14.0 Å². The van der Waals surface area contributed by atoms with E-state index in [1.165, 1.54) is 0 Å². The lowest BCUT2D eigenvalue weighted by atomic mass is 10.3. The number of nitrogens with zero attached hydrogens (tertiary/aromatic N) is 1. The molecule has 1 aliphatic heterocycles. The van der Waals surface area contributed by atoms with E-state index in [0.29, 0.717) is 18.2 Å². The number of nitrogens with one attached hydrogen (secondary N) is 2. The molecule has 7 heteroatoms. The van der Waals surface area contributed by atoms with Crippen molar-refractivity contribution in [3.05, 3.63) is 0 Å². The Balaban J connectivity index is 0.00000225. The van der Waals surface area contributed by atoms with E-state index >= 15 is 0 Å². The summed E-state index contributed by atoms with van der Waals surface area (Å²) in [5.74, 6) is 1.10. The number of amides is 2. The lowest BCUT2D eigenvalue weighted by molar-refractivity contribution is -0.132. The molecule has 16 heavy (non-hydrogen) atoms. The van der Waals surface area contributed by atoms with E-state index in [9.17, 15) is 9.59 Å². The molecule has 1 unspecified atom stereocenters. The fourth-order valence-electron chi connectivity index (χ4n) is 1.14. The molecule has 2 N–H and O–H groups in total. The number of thioether (sulfide) groups is 1. The Morgan fingerprint density at radius 1 is 1.62 bits per heavy atom. The van der Waals surface area contributed by atoms with Gasteiger partial charge in [0.15, 0.2) is 0 Å². The van der Waals surface area contributed by atoms with Gasteiger partial charge in [-0.3, -0.25) is 9.59 Å². The zero-order valence-corrected chi connectivity index (χ0v) is 11.1. The van der Waals surface area contributed by atoms with E-state index in [2.05, 4.69) is 10.6 Å². The number of likely N-dealkylation sites (N-methyl/N-ethyl adjacent to an activating group) is 1. The highest BCUT2D eigenvalue weighted by Gasteiger charge is 2.22. The Morgan fingerprint density at radius 3 is 2.81 bits per heavy atom. The van der Waals surface area contributed by atoms with Crippen LogP contribution < -0.4 is 10.6 Å². The molecule has 1 aliphatic rings. The molecule has 0 bridgehead atoms. The fraction of sp³-hybridized carbons (Fsp3) is 0.778. The van der Waals surface area contributed by atoms with E-state index in [4.69, 9.17) is 0 Å². The molecule has 0 aromatic rings. The zero-order valence-electron chi connectivity index (χ0n) is 9.49. The molecule has 0 saturated carbocycles. The number of hydrogen-bond donors (Lipinski definition) is 2. The molecule has 1 atom stereocenters. The lowest BCUT2D eigenvalue weighted by Gasteiger charge is -2.16. The van der Waals surface area contributed by atoms with Gasteiger partial charge in [-0.1, -0.05) is 0 Å². The molecule has 0 aromatic heterocycles. The van der Waals surface area contributed by atoms with Crippen molar-refractivity contribution in [2.75, 3.05) is 31.8 Å². The van der Waals surface area contributed by atoms with Crippen LogP contribution in [0.3, 0.4) is 0 Å². The van der Waals surface area contributed by atoms with Crippen molar-refractivity contribution in [1.29, 1.82) is 0 Å². The molecule has 2 amide bonds. The first-order chi connectivity index (χ1) is 7.13. The lowest BCUT2D eigenvalue weighted by Crippen LogP contribution is -2.42. The maximum atomic E-state index is 11.4. The fourth-order valence-corrected chi connectivity index (χ4v) is 2.04. The third-order valence-electron chi connectivity index (χ3n) is 2.26. The molecule has 1 heterocycles. The van der Waals surface area contributed by atoms with Crippen molar-refractivity contribution in [1.82, 2.24) is 15.5 Å². The molecular weight excluding hydrogens is 250 g/mol. The Bertz CT molecular complexity index is 253. The van der Waals surface area contributed by atoms with Gasteiger partial charge in [0, 0.05) is 12.6 Å². The Morgan fingerprint density at radius 2 is 2.31 bits per heavy atom. The van der Waals surface area contributed by atoms with Gasteiger partial charge in [-0.25, -0.2) is 0 Å². The molecule has 0 aromatic carbocycles. The zero-order chi connectivity index (χ0) is 11.3. The van der Waals surface area contributed by atoms with Crippen molar-refractivity contribution in [3.63, 3.8) is 0 Å². The van der Waals surface area contributed by atoms with Crippen LogP contribution in [0.2, 0.25) is 0 Å². The molecule has 5 nitrogen and oxygen atoms in total. The molecule has 1 saturated heterocycles. The summed E-state index contributed by atoms with van der Waals surface area (Å²) in [7, 11) is 1.84. The van der Waals surface area contributed by atoms with Gasteiger partial charge in [0.05, 0.1) is 11.6 Å². The maximum absolute atomic E-state index is 11.4. The third kappa shape index (κ3) is 5.05. The minimum absolute atomic E-state index is 0. The van der Waals surface area contributed by atoms with Crippen LogP contribution in [0, 0.1) is 0 Å². The first-order valence-electron chi connectivity index (χ1n) is 4.93. The quantitative estimate of drug-likeness (QED) is 0.716. The first kappa shape index (κ1) is 15.5. The van der Waals surface area contributed by atoms with Crippen molar-refractivity contribution >= 4 is 36.0 Å². The summed E-state index contributed by atoms with van der Waals surface area (Å²) >= 11 is 1.55. The Labute approximate surface area is 106 Å². The van der Waals surface area contributed by atoms with Crippen LogP contribution in [0.25, 0.3) is 0 Å². The predicted molar refractivity (Wildman–Crippen MR) is 67.8 cm³/mol. The number of carbonyl (C=O) groups excluding carboxylic acids is 2. The standard InChI is InChI=1S/C9H17N3O2S.ClH/c1-7(10-2)3-11-8(13)4-12-6-15-5-9(12)14;/h7,10H,3-6H2,1-2H3,(H,11,13);1H. The largest absolute Gasteiger partial charge is 0.353 e. The summed E-state index contributed by atoms with van der Waals surface area (Å²) in [4.78, 5) is 24.2. The van der Waals surface area contributed by atoms with Gasteiger partial charge in [-0.2, -0.15) is 0 Å². The smallest absolute Gasteiger partial charge is 0.239 e. The van der Waals surface area contributed by atoms with Gasteiger partial charge in [-0.15, -0.1) is 24.2 Å². The van der Waals surface area contributed by atoms with Crippen LogP contribution in [0.15, 0.2) is 0 Å². The SMILES string of the molecule is CNC(C)CNC(=O)CN1CSCC1=O.Cl. The van der Waals surface area contributed by atoms with Crippen LogP contribution in [0.1, 0.15) is 6.92 Å². The highest BCUT2D eigenvalue weighted by Crippen LogP contribution is 2.13. The van der Waals surface area contributed by atoms with Gasteiger partial charge in [-0.05, 0) is 14.0 Å². The van der Waals surface area contributed by atoms with Gasteiger partial charge in [0.2, 0.25) is 11.8 Å². The van der Waals surface area contributed by atoms with Crippen LogP contribution in [-0.2, 0) is 9.59 Å². The van der Waals surface area contributed by atoms with Crippen molar-refractivity contribution in [2.45, 2.75) is 13.0 Å². The first-order valence-corrected chi connectivity index (χ1v) is 6.08. The van der Waals surface area contributed by atoms with Crippen LogP contribution in [-0.4, -0.2) is 54.5 Å². The van der Waals surface area contributed by atoms with Gasteiger partial charge in [0.1, 0.15) is 6.54 Å². The molecular formula is C9H18ClN3O2S. The van der Waals surface area contributed by atoms with Crippen molar-refractivity contribution in [2.24, 2.45) is 0 Å². The van der Waals surface area contributed by atoms with Crippen molar-refractivity contribution in [3.8, 4) is 0 Å². The second kappa shape index (κ2) is 7.76.